The lowest BCUT2D eigenvalue weighted by Gasteiger charge is -2.10. The fourth-order valence-corrected chi connectivity index (χ4v) is 2.00. The van der Waals surface area contributed by atoms with E-state index in [1.807, 2.05) is 38.1 Å². The van der Waals surface area contributed by atoms with Gasteiger partial charge in [-0.15, -0.1) is 0 Å². The average Bonchev–Trinajstić information content (AvgIpc) is 2.53. The maximum Gasteiger partial charge on any atom is 0.274 e. The first-order chi connectivity index (χ1) is 10.6. The number of carbonyl (C=O) groups excluding carboxylic acids is 1. The van der Waals surface area contributed by atoms with Crippen LogP contribution in [-0.2, 0) is 4.74 Å². The molecule has 2 N–H and O–H groups in total. The molecule has 0 bridgehead atoms. The summed E-state index contributed by atoms with van der Waals surface area (Å²) in [5.41, 5.74) is 4.27. The molecule has 0 aliphatic carbocycles. The van der Waals surface area contributed by atoms with E-state index in [9.17, 15) is 4.79 Å². The van der Waals surface area contributed by atoms with Crippen LogP contribution in [0.1, 0.15) is 21.6 Å². The highest BCUT2D eigenvalue weighted by Crippen LogP contribution is 2.18. The van der Waals surface area contributed by atoms with Gasteiger partial charge in [-0.1, -0.05) is 12.1 Å². The van der Waals surface area contributed by atoms with Crippen LogP contribution < -0.4 is 10.6 Å². The predicted octanol–water partition coefficient (Wildman–Crippen LogP) is 3.01. The van der Waals surface area contributed by atoms with Crippen molar-refractivity contribution in [1.82, 2.24) is 4.98 Å². The second-order valence-corrected chi connectivity index (χ2v) is 5.05. The Labute approximate surface area is 130 Å². The Kier molecular flexibility index (Phi) is 5.49. The molecule has 0 saturated heterocycles. The lowest BCUT2D eigenvalue weighted by Crippen LogP contribution is -2.15. The molecule has 0 saturated carbocycles. The molecule has 0 fully saturated rings. The maximum absolute atomic E-state index is 12.2. The summed E-state index contributed by atoms with van der Waals surface area (Å²) >= 11 is 0. The number of amides is 1. The number of methoxy groups -OCH3 is 1. The molecular formula is C17H21N3O2. The fourth-order valence-electron chi connectivity index (χ4n) is 2.00. The minimum atomic E-state index is -0.211. The molecule has 116 valence electrons. The first-order valence-electron chi connectivity index (χ1n) is 7.18. The van der Waals surface area contributed by atoms with Crippen LogP contribution in [0.3, 0.4) is 0 Å². The molecule has 22 heavy (non-hydrogen) atoms. The van der Waals surface area contributed by atoms with Crippen molar-refractivity contribution in [2.24, 2.45) is 0 Å². The van der Waals surface area contributed by atoms with Crippen molar-refractivity contribution in [3.8, 4) is 0 Å². The maximum atomic E-state index is 12.2. The quantitative estimate of drug-likeness (QED) is 0.805. The van der Waals surface area contributed by atoms with Gasteiger partial charge >= 0.3 is 0 Å². The Hall–Kier alpha value is -2.40. The molecule has 0 unspecified atom stereocenters. The highest BCUT2D eigenvalue weighted by Gasteiger charge is 2.09. The Morgan fingerprint density at radius 3 is 2.73 bits per heavy atom. The zero-order valence-corrected chi connectivity index (χ0v) is 13.1. The number of rotatable bonds is 6. The predicted molar refractivity (Wildman–Crippen MR) is 88.5 cm³/mol. The molecule has 5 heteroatoms. The number of hydrogen-bond donors (Lipinski definition) is 2. The van der Waals surface area contributed by atoms with Gasteiger partial charge in [0.05, 0.1) is 18.5 Å². The SMILES string of the molecule is COCCNc1ccc(C(=O)Nc2cccc(C)c2C)nc1. The number of anilines is 2. The minimum absolute atomic E-state index is 0.211. The topological polar surface area (TPSA) is 63.2 Å². The summed E-state index contributed by atoms with van der Waals surface area (Å²) in [6.45, 7) is 5.33. The molecule has 1 amide bonds. The molecule has 0 aliphatic rings. The van der Waals surface area contributed by atoms with Crippen molar-refractivity contribution in [1.29, 1.82) is 0 Å². The summed E-state index contributed by atoms with van der Waals surface area (Å²) in [5.74, 6) is -0.211. The average molecular weight is 299 g/mol. The second-order valence-electron chi connectivity index (χ2n) is 5.05. The van der Waals surface area contributed by atoms with Crippen molar-refractivity contribution in [3.05, 3.63) is 53.3 Å². The van der Waals surface area contributed by atoms with E-state index >= 15 is 0 Å². The third-order valence-corrected chi connectivity index (χ3v) is 3.48. The zero-order chi connectivity index (χ0) is 15.9. The zero-order valence-electron chi connectivity index (χ0n) is 13.1. The number of carbonyl (C=O) groups is 1. The van der Waals surface area contributed by atoms with Crippen molar-refractivity contribution in [3.63, 3.8) is 0 Å². The van der Waals surface area contributed by atoms with Crippen molar-refractivity contribution < 1.29 is 9.53 Å². The molecule has 0 atom stereocenters. The number of ether oxygens (including phenoxy) is 1. The van der Waals surface area contributed by atoms with Crippen LogP contribution in [0.5, 0.6) is 0 Å². The summed E-state index contributed by atoms with van der Waals surface area (Å²) in [6.07, 6.45) is 1.65. The van der Waals surface area contributed by atoms with Crippen LogP contribution in [0.25, 0.3) is 0 Å². The van der Waals surface area contributed by atoms with Gasteiger partial charge in [-0.25, -0.2) is 4.98 Å². The van der Waals surface area contributed by atoms with E-state index < -0.39 is 0 Å². The molecule has 0 spiro atoms. The molecule has 0 radical (unpaired) electrons. The Morgan fingerprint density at radius 1 is 1.23 bits per heavy atom. The van der Waals surface area contributed by atoms with E-state index in [2.05, 4.69) is 15.6 Å². The highest BCUT2D eigenvalue weighted by atomic mass is 16.5. The Balaban J connectivity index is 2.02. The first-order valence-corrected chi connectivity index (χ1v) is 7.18. The van der Waals surface area contributed by atoms with Crippen LogP contribution in [0.4, 0.5) is 11.4 Å². The lowest BCUT2D eigenvalue weighted by atomic mass is 10.1. The van der Waals surface area contributed by atoms with Crippen LogP contribution in [0.2, 0.25) is 0 Å². The number of aryl methyl sites for hydroxylation is 1. The van der Waals surface area contributed by atoms with E-state index in [1.165, 1.54) is 0 Å². The monoisotopic (exact) mass is 299 g/mol. The molecule has 2 rings (SSSR count). The molecular weight excluding hydrogens is 278 g/mol. The van der Waals surface area contributed by atoms with Gasteiger partial charge in [-0.05, 0) is 43.2 Å². The first kappa shape index (κ1) is 16.0. The third kappa shape index (κ3) is 4.05. The molecule has 2 aromatic rings. The van der Waals surface area contributed by atoms with Crippen molar-refractivity contribution in [2.45, 2.75) is 13.8 Å². The third-order valence-electron chi connectivity index (χ3n) is 3.48. The molecule has 1 aromatic carbocycles. The lowest BCUT2D eigenvalue weighted by molar-refractivity contribution is 0.102. The summed E-state index contributed by atoms with van der Waals surface area (Å²) in [7, 11) is 1.65. The van der Waals surface area contributed by atoms with Crippen molar-refractivity contribution in [2.75, 3.05) is 30.9 Å². The van der Waals surface area contributed by atoms with Gasteiger partial charge < -0.3 is 15.4 Å². The van der Waals surface area contributed by atoms with Gasteiger partial charge in [0.1, 0.15) is 5.69 Å². The van der Waals surface area contributed by atoms with E-state index in [0.29, 0.717) is 18.8 Å². The van der Waals surface area contributed by atoms with Gasteiger partial charge in [0.2, 0.25) is 0 Å². The van der Waals surface area contributed by atoms with Gasteiger partial charge in [0, 0.05) is 19.3 Å². The smallest absolute Gasteiger partial charge is 0.274 e. The fraction of sp³-hybridized carbons (Fsp3) is 0.294. The number of aromatic nitrogens is 1. The van der Waals surface area contributed by atoms with E-state index in [-0.39, 0.29) is 5.91 Å². The van der Waals surface area contributed by atoms with E-state index in [4.69, 9.17) is 4.74 Å². The minimum Gasteiger partial charge on any atom is -0.383 e. The molecule has 5 nitrogen and oxygen atoms in total. The standard InChI is InChI=1S/C17H21N3O2/c1-12-5-4-6-15(13(12)2)20-17(21)16-8-7-14(11-19-16)18-9-10-22-3/h4-8,11,18H,9-10H2,1-3H3,(H,20,21). The number of nitrogens with zero attached hydrogens (tertiary/aromatic N) is 1. The number of nitrogens with one attached hydrogen (secondary N) is 2. The summed E-state index contributed by atoms with van der Waals surface area (Å²) in [4.78, 5) is 16.4. The van der Waals surface area contributed by atoms with Crippen LogP contribution in [0, 0.1) is 13.8 Å². The normalized spacial score (nSPS) is 10.3. The second kappa shape index (κ2) is 7.56. The van der Waals surface area contributed by atoms with Gasteiger partial charge in [-0.2, -0.15) is 0 Å². The van der Waals surface area contributed by atoms with Gasteiger partial charge in [0.15, 0.2) is 0 Å². The van der Waals surface area contributed by atoms with Crippen LogP contribution >= 0.6 is 0 Å². The highest BCUT2D eigenvalue weighted by molar-refractivity contribution is 6.03. The van der Waals surface area contributed by atoms with Gasteiger partial charge in [0.25, 0.3) is 5.91 Å². The van der Waals surface area contributed by atoms with Crippen LogP contribution in [0.15, 0.2) is 36.5 Å². The number of benzene rings is 1. The molecule has 0 aliphatic heterocycles. The van der Waals surface area contributed by atoms with Crippen molar-refractivity contribution >= 4 is 17.3 Å². The van der Waals surface area contributed by atoms with E-state index in [0.717, 1.165) is 22.5 Å². The summed E-state index contributed by atoms with van der Waals surface area (Å²) in [5, 5.41) is 6.06. The summed E-state index contributed by atoms with van der Waals surface area (Å²) < 4.78 is 4.97. The van der Waals surface area contributed by atoms with E-state index in [1.54, 1.807) is 19.4 Å². The van der Waals surface area contributed by atoms with Crippen LogP contribution in [-0.4, -0.2) is 31.2 Å². The Morgan fingerprint density at radius 2 is 2.05 bits per heavy atom. The summed E-state index contributed by atoms with van der Waals surface area (Å²) in [6, 6.07) is 9.37. The molecule has 1 heterocycles. The van der Waals surface area contributed by atoms with Gasteiger partial charge in [-0.3, -0.25) is 4.79 Å². The number of pyridine rings is 1. The largest absolute Gasteiger partial charge is 0.383 e. The Bertz CT molecular complexity index is 639. The number of hydrogen-bond acceptors (Lipinski definition) is 4. The molecule has 1 aromatic heterocycles.